The molecule has 0 atom stereocenters. The number of rotatable bonds is 3. The van der Waals surface area contributed by atoms with Crippen LogP contribution in [0.4, 0.5) is 4.39 Å². The molecule has 92 valence electrons. The number of halogens is 1. The van der Waals surface area contributed by atoms with Gasteiger partial charge in [-0.05, 0) is 56.2 Å². The Balaban J connectivity index is 1.95. The third-order valence-electron chi connectivity index (χ3n) is 3.63. The van der Waals surface area contributed by atoms with Crippen LogP contribution in [0.15, 0.2) is 40.8 Å². The largest absolute Gasteiger partial charge is 0.460 e. The molecule has 1 aliphatic rings. The average Bonchev–Trinajstić information content (AvgIpc) is 3.03. The highest BCUT2D eigenvalue weighted by Gasteiger charge is 2.51. The summed E-state index contributed by atoms with van der Waals surface area (Å²) >= 11 is 0. The first-order valence-corrected chi connectivity index (χ1v) is 5.99. The highest BCUT2D eigenvalue weighted by molar-refractivity contribution is 5.90. The molecule has 0 aliphatic heterocycles. The molecule has 1 heterocycles. The van der Waals surface area contributed by atoms with E-state index in [1.807, 2.05) is 12.1 Å². The van der Waals surface area contributed by atoms with Crippen LogP contribution in [0.25, 0.3) is 11.3 Å². The average molecular weight is 244 g/mol. The zero-order valence-electron chi connectivity index (χ0n) is 10.1. The molecule has 0 bridgehead atoms. The molecule has 3 rings (SSSR count). The predicted molar refractivity (Wildman–Crippen MR) is 65.7 cm³/mol. The highest BCUT2D eigenvalue weighted by atomic mass is 19.1. The maximum absolute atomic E-state index is 12.8. The summed E-state index contributed by atoms with van der Waals surface area (Å²) in [7, 11) is 0. The van der Waals surface area contributed by atoms with Gasteiger partial charge in [0.15, 0.2) is 0 Å². The maximum atomic E-state index is 12.8. The Hall–Kier alpha value is -1.90. The molecule has 1 aromatic carbocycles. The lowest BCUT2D eigenvalue weighted by molar-refractivity contribution is -0.119. The molecule has 18 heavy (non-hydrogen) atoms. The van der Waals surface area contributed by atoms with Crippen molar-refractivity contribution in [3.63, 3.8) is 0 Å². The topological polar surface area (TPSA) is 30.2 Å². The standard InChI is InChI=1S/C15H13FO2/c1-10(17)15(8-9-15)14-7-6-13(18-14)11-2-4-12(16)5-3-11/h2-7H,8-9H2,1H3. The van der Waals surface area contributed by atoms with Gasteiger partial charge in [-0.25, -0.2) is 4.39 Å². The zero-order valence-corrected chi connectivity index (χ0v) is 10.1. The fourth-order valence-electron chi connectivity index (χ4n) is 2.26. The number of carbonyl (C=O) groups is 1. The SMILES string of the molecule is CC(=O)C1(c2ccc(-c3ccc(F)cc3)o2)CC1. The monoisotopic (exact) mass is 244 g/mol. The summed E-state index contributed by atoms with van der Waals surface area (Å²) in [6.45, 7) is 1.60. The molecule has 1 aromatic heterocycles. The lowest BCUT2D eigenvalue weighted by Gasteiger charge is -2.06. The molecule has 3 heteroatoms. The molecule has 0 N–H and O–H groups in total. The molecule has 2 nitrogen and oxygen atoms in total. The van der Waals surface area contributed by atoms with Crippen LogP contribution in [0.1, 0.15) is 25.5 Å². The van der Waals surface area contributed by atoms with Crippen molar-refractivity contribution in [3.05, 3.63) is 48.0 Å². The minimum Gasteiger partial charge on any atom is -0.460 e. The van der Waals surface area contributed by atoms with E-state index in [4.69, 9.17) is 4.42 Å². The number of carbonyl (C=O) groups excluding carboxylic acids is 1. The van der Waals surface area contributed by atoms with Crippen LogP contribution in [0.5, 0.6) is 0 Å². The first kappa shape index (κ1) is 11.2. The van der Waals surface area contributed by atoms with Crippen molar-refractivity contribution in [1.29, 1.82) is 0 Å². The summed E-state index contributed by atoms with van der Waals surface area (Å²) in [6, 6.07) is 9.83. The summed E-state index contributed by atoms with van der Waals surface area (Å²) in [4.78, 5) is 11.6. The molecular weight excluding hydrogens is 231 g/mol. The Morgan fingerprint density at radius 2 is 1.83 bits per heavy atom. The number of furan rings is 1. The van der Waals surface area contributed by atoms with Crippen molar-refractivity contribution < 1.29 is 13.6 Å². The first-order valence-electron chi connectivity index (χ1n) is 5.99. The third kappa shape index (κ3) is 1.67. The molecule has 2 aromatic rings. The Bertz CT molecular complexity index is 591. The Morgan fingerprint density at radius 3 is 2.39 bits per heavy atom. The fourth-order valence-corrected chi connectivity index (χ4v) is 2.26. The zero-order chi connectivity index (χ0) is 12.8. The summed E-state index contributed by atoms with van der Waals surface area (Å²) in [5, 5.41) is 0. The molecule has 0 spiro atoms. The summed E-state index contributed by atoms with van der Waals surface area (Å²) in [5.74, 6) is 1.29. The van der Waals surface area contributed by atoms with E-state index in [0.717, 1.165) is 24.2 Å². The third-order valence-corrected chi connectivity index (χ3v) is 3.63. The van der Waals surface area contributed by atoms with Crippen LogP contribution in [-0.4, -0.2) is 5.78 Å². The lowest BCUT2D eigenvalue weighted by atomic mass is 9.99. The van der Waals surface area contributed by atoms with Crippen LogP contribution in [0, 0.1) is 5.82 Å². The fraction of sp³-hybridized carbons (Fsp3) is 0.267. The van der Waals surface area contributed by atoms with Crippen molar-refractivity contribution in [3.8, 4) is 11.3 Å². The van der Waals surface area contributed by atoms with Gasteiger partial charge >= 0.3 is 0 Å². The smallest absolute Gasteiger partial charge is 0.143 e. The first-order chi connectivity index (χ1) is 8.62. The van der Waals surface area contributed by atoms with Gasteiger partial charge in [-0.1, -0.05) is 0 Å². The van der Waals surface area contributed by atoms with E-state index < -0.39 is 5.41 Å². The lowest BCUT2D eigenvalue weighted by Crippen LogP contribution is -2.15. The Labute approximate surface area is 104 Å². The van der Waals surface area contributed by atoms with E-state index in [-0.39, 0.29) is 11.6 Å². The van der Waals surface area contributed by atoms with Gasteiger partial charge in [0.25, 0.3) is 0 Å². The second-order valence-corrected chi connectivity index (χ2v) is 4.81. The summed E-state index contributed by atoms with van der Waals surface area (Å²) in [6.07, 6.45) is 1.72. The number of ketones is 1. The van der Waals surface area contributed by atoms with Gasteiger partial charge in [-0.3, -0.25) is 4.79 Å². The molecular formula is C15H13FO2. The van der Waals surface area contributed by atoms with Gasteiger partial charge in [0, 0.05) is 5.56 Å². The number of Topliss-reactive ketones (excluding diaryl/α,β-unsaturated/α-hetero) is 1. The van der Waals surface area contributed by atoms with Crippen LogP contribution in [-0.2, 0) is 10.2 Å². The van der Waals surface area contributed by atoms with Crippen LogP contribution < -0.4 is 0 Å². The minimum absolute atomic E-state index is 0.155. The predicted octanol–water partition coefficient (Wildman–Crippen LogP) is 3.71. The van der Waals surface area contributed by atoms with Crippen molar-refractivity contribution in [2.75, 3.05) is 0 Å². The molecule has 1 saturated carbocycles. The normalized spacial score (nSPS) is 16.6. The van der Waals surface area contributed by atoms with Gasteiger partial charge < -0.3 is 4.42 Å². The van der Waals surface area contributed by atoms with E-state index >= 15 is 0 Å². The number of benzene rings is 1. The second-order valence-electron chi connectivity index (χ2n) is 4.81. The van der Waals surface area contributed by atoms with Crippen LogP contribution in [0.3, 0.4) is 0 Å². The van der Waals surface area contributed by atoms with Gasteiger partial charge in [0.1, 0.15) is 23.1 Å². The van der Waals surface area contributed by atoms with Gasteiger partial charge in [0.05, 0.1) is 5.41 Å². The molecule has 0 saturated heterocycles. The molecule has 1 fully saturated rings. The van der Waals surface area contributed by atoms with Gasteiger partial charge in [0.2, 0.25) is 0 Å². The summed E-state index contributed by atoms with van der Waals surface area (Å²) < 4.78 is 18.6. The Kier molecular flexibility index (Phi) is 2.37. The minimum atomic E-state index is -0.391. The number of hydrogen-bond acceptors (Lipinski definition) is 2. The second kappa shape index (κ2) is 3.80. The molecule has 1 aliphatic carbocycles. The maximum Gasteiger partial charge on any atom is 0.143 e. The number of hydrogen-bond donors (Lipinski definition) is 0. The Morgan fingerprint density at radius 1 is 1.17 bits per heavy atom. The van der Waals surface area contributed by atoms with Crippen LogP contribution >= 0.6 is 0 Å². The van der Waals surface area contributed by atoms with Crippen molar-refractivity contribution in [2.45, 2.75) is 25.2 Å². The van der Waals surface area contributed by atoms with Gasteiger partial charge in [-0.15, -0.1) is 0 Å². The molecule has 0 amide bonds. The van der Waals surface area contributed by atoms with E-state index in [1.54, 1.807) is 19.1 Å². The molecule has 0 unspecified atom stereocenters. The highest BCUT2D eigenvalue weighted by Crippen LogP contribution is 2.50. The van der Waals surface area contributed by atoms with Crippen molar-refractivity contribution in [2.24, 2.45) is 0 Å². The quantitative estimate of drug-likeness (QED) is 0.824. The van der Waals surface area contributed by atoms with E-state index in [1.165, 1.54) is 12.1 Å². The van der Waals surface area contributed by atoms with E-state index in [0.29, 0.717) is 5.76 Å². The van der Waals surface area contributed by atoms with E-state index in [9.17, 15) is 9.18 Å². The van der Waals surface area contributed by atoms with Gasteiger partial charge in [-0.2, -0.15) is 0 Å². The van der Waals surface area contributed by atoms with Crippen LogP contribution in [0.2, 0.25) is 0 Å². The van der Waals surface area contributed by atoms with E-state index in [2.05, 4.69) is 0 Å². The van der Waals surface area contributed by atoms with Crippen molar-refractivity contribution in [1.82, 2.24) is 0 Å². The summed E-state index contributed by atoms with van der Waals surface area (Å²) in [5.41, 5.74) is 0.431. The van der Waals surface area contributed by atoms with Crippen molar-refractivity contribution >= 4 is 5.78 Å². The molecule has 0 radical (unpaired) electrons.